The molecular formula is C15H12F2N2. The fraction of sp³-hybridized carbons (Fsp3) is 0.133. The molecule has 0 bridgehead atoms. The van der Waals surface area contributed by atoms with Gasteiger partial charge >= 0.3 is 0 Å². The van der Waals surface area contributed by atoms with E-state index >= 15 is 0 Å². The van der Waals surface area contributed by atoms with Crippen molar-refractivity contribution in [3.05, 3.63) is 71.3 Å². The molecule has 0 radical (unpaired) electrons. The number of hydrogen-bond donors (Lipinski definition) is 1. The minimum Gasteiger partial charge on any atom is -0.294 e. The second-order valence-corrected chi connectivity index (χ2v) is 4.09. The van der Waals surface area contributed by atoms with E-state index in [2.05, 4.69) is 5.32 Å². The van der Waals surface area contributed by atoms with E-state index < -0.39 is 11.9 Å². The third-order valence-electron chi connectivity index (χ3n) is 2.77. The van der Waals surface area contributed by atoms with E-state index in [4.69, 9.17) is 5.26 Å². The number of halogens is 2. The van der Waals surface area contributed by atoms with Gasteiger partial charge in [0.1, 0.15) is 17.7 Å². The van der Waals surface area contributed by atoms with Gasteiger partial charge in [-0.2, -0.15) is 5.26 Å². The Balaban J connectivity index is 2.09. The number of rotatable bonds is 4. The maximum Gasteiger partial charge on any atom is 0.127 e. The Morgan fingerprint density at radius 2 is 1.89 bits per heavy atom. The number of nitrogens with one attached hydrogen (secondary N) is 1. The van der Waals surface area contributed by atoms with Gasteiger partial charge in [0.05, 0.1) is 6.07 Å². The molecule has 0 aromatic heterocycles. The first-order valence-electron chi connectivity index (χ1n) is 5.82. The van der Waals surface area contributed by atoms with Gasteiger partial charge in [-0.15, -0.1) is 0 Å². The van der Waals surface area contributed by atoms with E-state index in [-0.39, 0.29) is 12.4 Å². The molecule has 96 valence electrons. The van der Waals surface area contributed by atoms with Crippen LogP contribution in [0.5, 0.6) is 0 Å². The van der Waals surface area contributed by atoms with Crippen LogP contribution < -0.4 is 5.32 Å². The minimum absolute atomic E-state index is 0.210. The molecule has 19 heavy (non-hydrogen) atoms. The van der Waals surface area contributed by atoms with Crippen LogP contribution in [0.1, 0.15) is 17.2 Å². The lowest BCUT2D eigenvalue weighted by atomic mass is 10.1. The maximum absolute atomic E-state index is 13.4. The van der Waals surface area contributed by atoms with Crippen LogP contribution in [0.4, 0.5) is 8.78 Å². The Labute approximate surface area is 110 Å². The molecule has 2 rings (SSSR count). The first-order chi connectivity index (χ1) is 9.20. The summed E-state index contributed by atoms with van der Waals surface area (Å²) in [7, 11) is 0. The standard InChI is InChI=1S/C15H12F2N2/c16-13-6-3-5-11(8-13)15(9-18)19-10-12-4-1-2-7-14(12)17/h1-8,15,19H,10H2. The first kappa shape index (κ1) is 13.2. The average Bonchev–Trinajstić information content (AvgIpc) is 2.41. The highest BCUT2D eigenvalue weighted by Gasteiger charge is 2.11. The zero-order valence-electron chi connectivity index (χ0n) is 10.1. The Hall–Kier alpha value is -2.25. The molecule has 2 aromatic rings. The highest BCUT2D eigenvalue weighted by Crippen LogP contribution is 2.15. The lowest BCUT2D eigenvalue weighted by Crippen LogP contribution is -2.20. The summed E-state index contributed by atoms with van der Waals surface area (Å²) in [5, 5.41) is 12.0. The van der Waals surface area contributed by atoms with Crippen molar-refractivity contribution >= 4 is 0 Å². The molecule has 0 amide bonds. The van der Waals surface area contributed by atoms with Crippen molar-refractivity contribution < 1.29 is 8.78 Å². The molecule has 0 saturated carbocycles. The molecule has 0 aliphatic heterocycles. The molecule has 4 heteroatoms. The summed E-state index contributed by atoms with van der Waals surface area (Å²) in [6.45, 7) is 0.210. The topological polar surface area (TPSA) is 35.8 Å². The van der Waals surface area contributed by atoms with E-state index in [1.807, 2.05) is 6.07 Å². The summed E-state index contributed by atoms with van der Waals surface area (Å²) < 4.78 is 26.5. The highest BCUT2D eigenvalue weighted by atomic mass is 19.1. The summed E-state index contributed by atoms with van der Waals surface area (Å²) in [6.07, 6.45) is 0. The lowest BCUT2D eigenvalue weighted by Gasteiger charge is -2.12. The highest BCUT2D eigenvalue weighted by molar-refractivity contribution is 5.25. The summed E-state index contributed by atoms with van der Waals surface area (Å²) in [6, 6.07) is 13.5. The van der Waals surface area contributed by atoms with Gasteiger partial charge in [-0.1, -0.05) is 30.3 Å². The summed E-state index contributed by atoms with van der Waals surface area (Å²) in [4.78, 5) is 0. The smallest absolute Gasteiger partial charge is 0.127 e. The van der Waals surface area contributed by atoms with Gasteiger partial charge in [0.2, 0.25) is 0 Å². The second kappa shape index (κ2) is 6.07. The number of nitriles is 1. The Morgan fingerprint density at radius 1 is 1.11 bits per heavy atom. The minimum atomic E-state index is -0.671. The van der Waals surface area contributed by atoms with Gasteiger partial charge in [-0.3, -0.25) is 5.32 Å². The van der Waals surface area contributed by atoms with Gasteiger partial charge in [-0.25, -0.2) is 8.78 Å². The van der Waals surface area contributed by atoms with Crippen molar-refractivity contribution in [1.29, 1.82) is 5.26 Å². The molecule has 1 atom stereocenters. The normalized spacial score (nSPS) is 11.8. The molecule has 0 heterocycles. The van der Waals surface area contributed by atoms with Crippen molar-refractivity contribution in [3.63, 3.8) is 0 Å². The summed E-state index contributed by atoms with van der Waals surface area (Å²) in [5.41, 5.74) is 0.998. The summed E-state index contributed by atoms with van der Waals surface area (Å²) >= 11 is 0. The monoisotopic (exact) mass is 258 g/mol. The van der Waals surface area contributed by atoms with Crippen molar-refractivity contribution in [2.75, 3.05) is 0 Å². The van der Waals surface area contributed by atoms with Crippen molar-refractivity contribution in [2.24, 2.45) is 0 Å². The Bertz CT molecular complexity index is 605. The van der Waals surface area contributed by atoms with Gasteiger partial charge < -0.3 is 0 Å². The molecule has 1 N–H and O–H groups in total. The average molecular weight is 258 g/mol. The van der Waals surface area contributed by atoms with Gasteiger partial charge in [0.25, 0.3) is 0 Å². The fourth-order valence-corrected chi connectivity index (χ4v) is 1.78. The number of nitrogens with zero attached hydrogens (tertiary/aromatic N) is 1. The maximum atomic E-state index is 13.4. The summed E-state index contributed by atoms with van der Waals surface area (Å²) in [5.74, 6) is -0.726. The van der Waals surface area contributed by atoms with Crippen LogP contribution in [-0.2, 0) is 6.54 Å². The molecule has 1 unspecified atom stereocenters. The SMILES string of the molecule is N#CC(NCc1ccccc1F)c1cccc(F)c1. The molecule has 0 fully saturated rings. The van der Waals surface area contributed by atoms with Gasteiger partial charge in [0, 0.05) is 12.1 Å². The molecule has 0 aliphatic carbocycles. The number of benzene rings is 2. The predicted octanol–water partition coefficient (Wildman–Crippen LogP) is 3.32. The van der Waals surface area contributed by atoms with E-state index in [1.54, 1.807) is 30.3 Å². The zero-order valence-corrected chi connectivity index (χ0v) is 10.1. The third kappa shape index (κ3) is 3.36. The largest absolute Gasteiger partial charge is 0.294 e. The van der Waals surface area contributed by atoms with E-state index in [0.717, 1.165) is 0 Å². The van der Waals surface area contributed by atoms with Crippen LogP contribution in [0.2, 0.25) is 0 Å². The van der Waals surface area contributed by atoms with Crippen LogP contribution in [0.3, 0.4) is 0 Å². The van der Waals surface area contributed by atoms with Crippen LogP contribution in [0.25, 0.3) is 0 Å². The molecular weight excluding hydrogens is 246 g/mol. The quantitative estimate of drug-likeness (QED) is 0.913. The lowest BCUT2D eigenvalue weighted by molar-refractivity contribution is 0.568. The van der Waals surface area contributed by atoms with Crippen LogP contribution in [-0.4, -0.2) is 0 Å². The van der Waals surface area contributed by atoms with Crippen LogP contribution >= 0.6 is 0 Å². The van der Waals surface area contributed by atoms with Gasteiger partial charge in [-0.05, 0) is 23.8 Å². The molecule has 0 aliphatic rings. The molecule has 2 nitrogen and oxygen atoms in total. The molecule has 0 saturated heterocycles. The van der Waals surface area contributed by atoms with E-state index in [1.165, 1.54) is 18.2 Å². The van der Waals surface area contributed by atoms with Crippen LogP contribution in [0.15, 0.2) is 48.5 Å². The van der Waals surface area contributed by atoms with Gasteiger partial charge in [0.15, 0.2) is 0 Å². The van der Waals surface area contributed by atoms with Crippen LogP contribution in [0, 0.1) is 23.0 Å². The Kier molecular flexibility index (Phi) is 4.22. The zero-order chi connectivity index (χ0) is 13.7. The van der Waals surface area contributed by atoms with Crippen molar-refractivity contribution in [3.8, 4) is 6.07 Å². The first-order valence-corrected chi connectivity index (χ1v) is 5.82. The fourth-order valence-electron chi connectivity index (χ4n) is 1.78. The van der Waals surface area contributed by atoms with E-state index in [0.29, 0.717) is 11.1 Å². The predicted molar refractivity (Wildman–Crippen MR) is 68.0 cm³/mol. The number of hydrogen-bond acceptors (Lipinski definition) is 2. The van der Waals surface area contributed by atoms with Crippen molar-refractivity contribution in [2.45, 2.75) is 12.6 Å². The Morgan fingerprint density at radius 3 is 2.58 bits per heavy atom. The molecule has 0 spiro atoms. The molecule has 2 aromatic carbocycles. The van der Waals surface area contributed by atoms with E-state index in [9.17, 15) is 8.78 Å². The van der Waals surface area contributed by atoms with Crippen molar-refractivity contribution in [1.82, 2.24) is 5.32 Å². The third-order valence-corrected chi connectivity index (χ3v) is 2.77. The second-order valence-electron chi connectivity index (χ2n) is 4.09.